The molecule has 246 valence electrons. The Hall–Kier alpha value is -5.52. The van der Waals surface area contributed by atoms with E-state index < -0.39 is 5.97 Å². The molecule has 0 spiro atoms. The molecule has 0 fully saturated rings. The number of esters is 3. The standard InChI is InChI=1S/C35H38N4O8/c1-9-21-19(4)33(42)39-27(21)14-24-17(2)22(10-12-30(40)45-6)28(36-24)15-25-18(3)23(11-13-31(41)46-7)29(37-25)16-26-20(5)32(34(43)38-26)35(44)47-8/h9,14-16,36,38,43H,1,10-13H2,2-8H3/b24-14+,28-15+,29-16+. The van der Waals surface area contributed by atoms with Crippen LogP contribution in [0.5, 0.6) is 5.88 Å². The van der Waals surface area contributed by atoms with E-state index in [9.17, 15) is 24.3 Å². The van der Waals surface area contributed by atoms with Gasteiger partial charge in [0, 0.05) is 40.4 Å². The van der Waals surface area contributed by atoms with Gasteiger partial charge >= 0.3 is 17.9 Å². The lowest BCUT2D eigenvalue weighted by atomic mass is 9.99. The molecule has 0 aromatic carbocycles. The normalized spacial score (nSPS) is 16.3. The second-order valence-electron chi connectivity index (χ2n) is 11.1. The van der Waals surface area contributed by atoms with Gasteiger partial charge in [-0.2, -0.15) is 0 Å². The van der Waals surface area contributed by atoms with Gasteiger partial charge in [-0.3, -0.25) is 14.4 Å². The van der Waals surface area contributed by atoms with Gasteiger partial charge in [0.2, 0.25) is 5.88 Å². The highest BCUT2D eigenvalue weighted by atomic mass is 16.5. The maximum atomic E-state index is 12.3. The fourth-order valence-corrected chi connectivity index (χ4v) is 5.56. The van der Waals surface area contributed by atoms with E-state index in [0.29, 0.717) is 63.1 Å². The van der Waals surface area contributed by atoms with Crippen LogP contribution in [0.4, 0.5) is 0 Å². The highest BCUT2D eigenvalue weighted by Crippen LogP contribution is 2.33. The lowest BCUT2D eigenvalue weighted by molar-refractivity contribution is -0.141. The summed E-state index contributed by atoms with van der Waals surface area (Å²) >= 11 is 0. The molecule has 0 saturated carbocycles. The van der Waals surface area contributed by atoms with E-state index in [2.05, 4.69) is 21.5 Å². The summed E-state index contributed by atoms with van der Waals surface area (Å²) in [5, 5.41) is 11.8. The second-order valence-corrected chi connectivity index (χ2v) is 11.1. The summed E-state index contributed by atoms with van der Waals surface area (Å²) in [5.74, 6) is -2.08. The number of ether oxygens (including phenoxy) is 3. The molecule has 2 aromatic rings. The molecule has 47 heavy (non-hydrogen) atoms. The molecule has 0 aliphatic carbocycles. The van der Waals surface area contributed by atoms with Crippen LogP contribution in [0.3, 0.4) is 0 Å². The van der Waals surface area contributed by atoms with E-state index in [4.69, 9.17) is 19.2 Å². The number of amides is 1. The number of H-pyrrole nitrogens is 2. The van der Waals surface area contributed by atoms with Gasteiger partial charge in [-0.1, -0.05) is 12.7 Å². The van der Waals surface area contributed by atoms with E-state index in [0.717, 1.165) is 22.3 Å². The number of hydrogen-bond acceptors (Lipinski definition) is 9. The van der Waals surface area contributed by atoms with Gasteiger partial charge in [-0.05, 0) is 86.6 Å². The van der Waals surface area contributed by atoms with Crippen molar-refractivity contribution in [3.05, 3.63) is 79.3 Å². The minimum atomic E-state index is -0.685. The molecular weight excluding hydrogens is 604 g/mol. The number of nitrogens with one attached hydrogen (secondary N) is 2. The van der Waals surface area contributed by atoms with Gasteiger partial charge in [0.15, 0.2) is 0 Å². The Morgan fingerprint density at radius 2 is 1.45 bits per heavy atom. The molecule has 0 atom stereocenters. The van der Waals surface area contributed by atoms with Crippen molar-refractivity contribution in [2.24, 2.45) is 9.98 Å². The summed E-state index contributed by atoms with van der Waals surface area (Å²) < 4.78 is 14.6. The number of aromatic hydroxyl groups is 1. The molecule has 0 saturated heterocycles. The van der Waals surface area contributed by atoms with Crippen LogP contribution >= 0.6 is 0 Å². The predicted molar refractivity (Wildman–Crippen MR) is 177 cm³/mol. The van der Waals surface area contributed by atoms with Gasteiger partial charge in [0.25, 0.3) is 5.91 Å². The van der Waals surface area contributed by atoms with Crippen LogP contribution < -0.4 is 10.7 Å². The number of carbonyl (C=O) groups excluding carboxylic acids is 4. The van der Waals surface area contributed by atoms with E-state index in [-0.39, 0.29) is 42.1 Å². The number of methoxy groups -OCH3 is 3. The fourth-order valence-electron chi connectivity index (χ4n) is 5.56. The van der Waals surface area contributed by atoms with Crippen molar-refractivity contribution in [3.8, 4) is 5.88 Å². The second kappa shape index (κ2) is 14.3. The predicted octanol–water partition coefficient (Wildman–Crippen LogP) is 3.37. The van der Waals surface area contributed by atoms with Crippen LogP contribution in [0, 0.1) is 13.8 Å². The lowest BCUT2D eigenvalue weighted by Gasteiger charge is -2.06. The Balaban J connectivity index is 1.90. The molecule has 4 heterocycles. The van der Waals surface area contributed by atoms with Crippen LogP contribution in [-0.2, 0) is 35.0 Å². The number of allylic oxidation sites excluding steroid dienone is 4. The SMILES string of the molecule is C=CC1=C(C)C(=O)N=C1/C=c1/[nH]/c(=C/C2=NC(=C/c3[nH]c(O)c(C(=O)OC)c3C)/C(CCC(=O)OC)=C2C)c(CCC(=O)OC)c1C. The number of hydrogen-bond donors (Lipinski definition) is 3. The minimum absolute atomic E-state index is 0.0176. The Kier molecular flexibility index (Phi) is 10.4. The van der Waals surface area contributed by atoms with Crippen molar-refractivity contribution in [2.45, 2.75) is 53.4 Å². The third-order valence-corrected chi connectivity index (χ3v) is 8.38. The van der Waals surface area contributed by atoms with E-state index >= 15 is 0 Å². The minimum Gasteiger partial charge on any atom is -0.494 e. The molecule has 3 N–H and O–H groups in total. The third-order valence-electron chi connectivity index (χ3n) is 8.38. The van der Waals surface area contributed by atoms with Crippen molar-refractivity contribution < 1.29 is 38.5 Å². The topological polar surface area (TPSA) is 172 Å². The number of aliphatic imine (C=N–C) groups is 2. The van der Waals surface area contributed by atoms with Crippen LogP contribution in [0.25, 0.3) is 18.2 Å². The van der Waals surface area contributed by atoms with Crippen LogP contribution in [0.1, 0.15) is 65.9 Å². The van der Waals surface area contributed by atoms with E-state index in [1.165, 1.54) is 21.3 Å². The molecule has 12 nitrogen and oxygen atoms in total. The molecule has 1 amide bonds. The van der Waals surface area contributed by atoms with Crippen molar-refractivity contribution in [2.75, 3.05) is 21.3 Å². The van der Waals surface area contributed by atoms with E-state index in [1.807, 2.05) is 19.9 Å². The summed E-state index contributed by atoms with van der Waals surface area (Å²) in [6.45, 7) is 11.0. The maximum Gasteiger partial charge on any atom is 0.343 e. The lowest BCUT2D eigenvalue weighted by Crippen LogP contribution is -2.16. The monoisotopic (exact) mass is 642 g/mol. The Bertz CT molecular complexity index is 1980. The molecule has 0 radical (unpaired) electrons. The Morgan fingerprint density at radius 1 is 0.809 bits per heavy atom. The van der Waals surface area contributed by atoms with Gasteiger partial charge in [0.1, 0.15) is 5.56 Å². The average molecular weight is 643 g/mol. The van der Waals surface area contributed by atoms with E-state index in [1.54, 1.807) is 32.1 Å². The molecule has 0 unspecified atom stereocenters. The zero-order valence-corrected chi connectivity index (χ0v) is 27.5. The van der Waals surface area contributed by atoms with Gasteiger partial charge in [-0.15, -0.1) is 0 Å². The first kappa shape index (κ1) is 34.4. The number of nitrogens with zero attached hydrogens (tertiary/aromatic N) is 2. The highest BCUT2D eigenvalue weighted by Gasteiger charge is 2.25. The number of aromatic nitrogens is 2. The smallest absolute Gasteiger partial charge is 0.343 e. The van der Waals surface area contributed by atoms with Crippen molar-refractivity contribution in [3.63, 3.8) is 0 Å². The molecule has 2 aromatic heterocycles. The molecule has 2 aliphatic rings. The fraction of sp³-hybridized carbons (Fsp3) is 0.314. The summed E-state index contributed by atoms with van der Waals surface area (Å²) in [6.07, 6.45) is 7.89. The molecule has 12 heteroatoms. The third kappa shape index (κ3) is 7.01. The zero-order valence-electron chi connectivity index (χ0n) is 27.5. The average Bonchev–Trinajstić information content (AvgIpc) is 3.70. The maximum absolute atomic E-state index is 12.3. The first-order valence-electron chi connectivity index (χ1n) is 14.9. The highest BCUT2D eigenvalue weighted by molar-refractivity contribution is 6.32. The Morgan fingerprint density at radius 3 is 2.06 bits per heavy atom. The molecule has 0 bridgehead atoms. The zero-order chi connectivity index (χ0) is 34.6. The summed E-state index contributed by atoms with van der Waals surface area (Å²) in [7, 11) is 3.89. The van der Waals surface area contributed by atoms with Crippen molar-refractivity contribution in [1.29, 1.82) is 0 Å². The van der Waals surface area contributed by atoms with Crippen LogP contribution in [-0.4, -0.2) is 71.6 Å². The van der Waals surface area contributed by atoms with Crippen molar-refractivity contribution in [1.82, 2.24) is 9.97 Å². The summed E-state index contributed by atoms with van der Waals surface area (Å²) in [6, 6.07) is 0. The molecular formula is C35H38N4O8. The van der Waals surface area contributed by atoms with Gasteiger partial charge in [0.05, 0.1) is 38.4 Å². The quantitative estimate of drug-likeness (QED) is 0.247. The first-order valence-corrected chi connectivity index (χ1v) is 14.9. The molecule has 4 rings (SSSR count). The summed E-state index contributed by atoms with van der Waals surface area (Å²) in [5.41, 5.74) is 7.00. The van der Waals surface area contributed by atoms with Crippen molar-refractivity contribution >= 4 is 53.5 Å². The van der Waals surface area contributed by atoms with Gasteiger partial charge in [-0.25, -0.2) is 14.8 Å². The van der Waals surface area contributed by atoms with Gasteiger partial charge < -0.3 is 29.3 Å². The largest absolute Gasteiger partial charge is 0.494 e. The molecule has 2 aliphatic heterocycles. The summed E-state index contributed by atoms with van der Waals surface area (Å²) in [4.78, 5) is 64.1. The number of aromatic amines is 2. The van der Waals surface area contributed by atoms with Crippen LogP contribution in [0.2, 0.25) is 0 Å². The first-order chi connectivity index (χ1) is 22.3. The number of rotatable bonds is 11. The van der Waals surface area contributed by atoms with Crippen LogP contribution in [0.15, 0.2) is 50.6 Å². The number of carbonyl (C=O) groups is 4. The Labute approximate surface area is 271 Å².